The molecule has 172 valence electrons. The van der Waals surface area contributed by atoms with Gasteiger partial charge in [-0.25, -0.2) is 4.98 Å². The number of ketones is 1. The number of amides is 1. The maximum atomic E-state index is 13.5. The Bertz CT molecular complexity index is 1220. The van der Waals surface area contributed by atoms with Gasteiger partial charge in [0.25, 0.3) is 5.91 Å². The number of likely N-dealkylation sites (tertiary alicyclic amines) is 1. The fourth-order valence-corrected chi connectivity index (χ4v) is 3.90. The van der Waals surface area contributed by atoms with Crippen LogP contribution in [-0.2, 0) is 16.1 Å². The van der Waals surface area contributed by atoms with Crippen LogP contribution in [0.1, 0.15) is 22.7 Å². The second-order valence-electron chi connectivity index (χ2n) is 7.72. The highest BCUT2D eigenvalue weighted by Crippen LogP contribution is 2.40. The summed E-state index contributed by atoms with van der Waals surface area (Å²) < 4.78 is 10.7. The van der Waals surface area contributed by atoms with Crippen molar-refractivity contribution in [1.29, 1.82) is 0 Å². The number of Topliss-reactive ketones (excluding diaryl/α,β-unsaturated/α-hetero) is 1. The van der Waals surface area contributed by atoms with Gasteiger partial charge in [0.1, 0.15) is 18.1 Å². The quantitative estimate of drug-likeness (QED) is 0.225. The second-order valence-corrected chi connectivity index (χ2v) is 7.72. The Morgan fingerprint density at radius 1 is 1.09 bits per heavy atom. The number of ether oxygens (including phenoxy) is 2. The average molecular weight is 456 g/mol. The van der Waals surface area contributed by atoms with Gasteiger partial charge in [0.15, 0.2) is 12.4 Å². The van der Waals surface area contributed by atoms with Crippen LogP contribution in [0, 0.1) is 0 Å². The van der Waals surface area contributed by atoms with E-state index in [9.17, 15) is 14.7 Å². The van der Waals surface area contributed by atoms with E-state index in [0.717, 1.165) is 5.56 Å². The van der Waals surface area contributed by atoms with E-state index in [1.807, 2.05) is 12.1 Å². The predicted molar refractivity (Wildman–Crippen MR) is 123 cm³/mol. The van der Waals surface area contributed by atoms with Gasteiger partial charge >= 0.3 is 0 Å². The van der Waals surface area contributed by atoms with Crippen molar-refractivity contribution < 1.29 is 29.2 Å². The number of nitrogens with zero attached hydrogens (tertiary/aromatic N) is 1. The van der Waals surface area contributed by atoms with Crippen LogP contribution in [0.25, 0.3) is 5.76 Å². The van der Waals surface area contributed by atoms with Crippen LogP contribution in [-0.4, -0.2) is 30.3 Å². The summed E-state index contributed by atoms with van der Waals surface area (Å²) in [6.45, 7) is 4.11. The standard InChI is InChI=1S/C27H24N2O5/c1-3-15-34-22-12-8-20(9-13-22)25(30)23-24(19-6-10-21(33-2)11-7-19)29(27(32)26(23)31)17-18-5-4-14-28-16-18/h3-14,16,24,30H,1,15,17H2,2H3. The molecule has 34 heavy (non-hydrogen) atoms. The number of pyridine rings is 1. The van der Waals surface area contributed by atoms with Crippen LogP contribution in [0.5, 0.6) is 11.5 Å². The Labute approximate surface area is 197 Å². The fraction of sp³-hybridized carbons (Fsp3) is 0.148. The molecule has 4 rings (SSSR count). The van der Waals surface area contributed by atoms with Crippen molar-refractivity contribution in [3.05, 3.63) is 108 Å². The molecule has 0 spiro atoms. The Balaban J connectivity index is 1.78. The minimum Gasteiger partial charge on any atom is -0.872 e. The Hall–Kier alpha value is -4.39. The molecular formula is C27H24N2O5. The lowest BCUT2D eigenvalue weighted by Crippen LogP contribution is -2.29. The van der Waals surface area contributed by atoms with Crippen molar-refractivity contribution in [3.63, 3.8) is 0 Å². The Morgan fingerprint density at radius 3 is 2.41 bits per heavy atom. The van der Waals surface area contributed by atoms with Gasteiger partial charge in [0.05, 0.1) is 19.7 Å². The minimum atomic E-state index is -0.824. The van der Waals surface area contributed by atoms with Crippen LogP contribution in [0.15, 0.2) is 91.3 Å². The number of aromatic nitrogens is 1. The van der Waals surface area contributed by atoms with Crippen LogP contribution in [0.2, 0.25) is 0 Å². The summed E-state index contributed by atoms with van der Waals surface area (Å²) in [6.07, 6.45) is 5.13. The molecule has 1 amide bonds. The van der Waals surface area contributed by atoms with E-state index < -0.39 is 23.5 Å². The van der Waals surface area contributed by atoms with E-state index in [1.54, 1.807) is 74.1 Å². The first-order chi connectivity index (χ1) is 16.5. The highest BCUT2D eigenvalue weighted by atomic mass is 16.5. The third-order valence-corrected chi connectivity index (χ3v) is 5.57. The zero-order valence-electron chi connectivity index (χ0n) is 18.7. The number of hydrogen-bond acceptors (Lipinski definition) is 5. The number of carbonyl (C=O) groups is 2. The van der Waals surface area contributed by atoms with Crippen molar-refractivity contribution >= 4 is 17.4 Å². The minimum absolute atomic E-state index is 0.0742. The maximum absolute atomic E-state index is 13.5. The van der Waals surface area contributed by atoms with Gasteiger partial charge in [0.2, 0.25) is 5.78 Å². The van der Waals surface area contributed by atoms with E-state index in [-0.39, 0.29) is 12.1 Å². The van der Waals surface area contributed by atoms with Gasteiger partial charge in [-0.3, -0.25) is 9.59 Å². The third-order valence-electron chi connectivity index (χ3n) is 5.57. The van der Waals surface area contributed by atoms with Crippen LogP contribution >= 0.6 is 0 Å². The molecule has 3 aromatic rings. The summed E-state index contributed by atoms with van der Waals surface area (Å²) >= 11 is 0. The van der Waals surface area contributed by atoms with Crippen molar-refractivity contribution in [2.75, 3.05) is 13.7 Å². The fourth-order valence-electron chi connectivity index (χ4n) is 3.90. The van der Waals surface area contributed by atoms with E-state index >= 15 is 0 Å². The molecule has 1 aliphatic heterocycles. The molecule has 2 heterocycles. The van der Waals surface area contributed by atoms with Gasteiger partial charge in [-0.1, -0.05) is 42.7 Å². The molecule has 1 atom stereocenters. The average Bonchev–Trinajstić information content (AvgIpc) is 3.13. The molecule has 0 saturated carbocycles. The normalized spacial score (nSPS) is 17.0. The van der Waals surface area contributed by atoms with Crippen molar-refractivity contribution in [3.8, 4) is 11.5 Å². The third kappa shape index (κ3) is 4.54. The van der Waals surface area contributed by atoms with E-state index in [2.05, 4.69) is 11.6 Å². The SMILES string of the molecule is C=CCOc1ccc(C([O-])=C2C(=O)C(=O)N(Cc3ccc[nH+]c3)C2c2ccc(OC)cc2)cc1. The topological polar surface area (TPSA) is 93.0 Å². The number of hydrogen-bond donors (Lipinski definition) is 0. The van der Waals surface area contributed by atoms with E-state index in [1.165, 1.54) is 4.90 Å². The van der Waals surface area contributed by atoms with Gasteiger partial charge < -0.3 is 19.5 Å². The van der Waals surface area contributed by atoms with Crippen molar-refractivity contribution in [2.45, 2.75) is 12.6 Å². The molecule has 1 fully saturated rings. The predicted octanol–water partition coefficient (Wildman–Crippen LogP) is 2.50. The largest absolute Gasteiger partial charge is 0.872 e. The molecule has 1 saturated heterocycles. The van der Waals surface area contributed by atoms with Gasteiger partial charge in [-0.2, -0.15) is 0 Å². The molecule has 1 aliphatic rings. The summed E-state index contributed by atoms with van der Waals surface area (Å²) in [5.74, 6) is -0.788. The second kappa shape index (κ2) is 10.0. The first-order valence-corrected chi connectivity index (χ1v) is 10.7. The lowest BCUT2D eigenvalue weighted by atomic mass is 9.95. The van der Waals surface area contributed by atoms with E-state index in [0.29, 0.717) is 29.2 Å². The summed E-state index contributed by atoms with van der Waals surface area (Å²) in [5.41, 5.74) is 1.68. The highest BCUT2D eigenvalue weighted by molar-refractivity contribution is 6.46. The molecule has 1 aromatic heterocycles. The van der Waals surface area contributed by atoms with Crippen molar-refractivity contribution in [1.82, 2.24) is 4.90 Å². The van der Waals surface area contributed by atoms with Gasteiger partial charge in [-0.15, -0.1) is 0 Å². The number of nitrogens with one attached hydrogen (secondary N) is 1. The highest BCUT2D eigenvalue weighted by Gasteiger charge is 2.44. The monoisotopic (exact) mass is 456 g/mol. The Morgan fingerprint density at radius 2 is 1.79 bits per heavy atom. The van der Waals surface area contributed by atoms with Gasteiger partial charge in [-0.05, 0) is 41.5 Å². The zero-order chi connectivity index (χ0) is 24.1. The molecule has 0 bridgehead atoms. The molecule has 2 aromatic carbocycles. The number of benzene rings is 2. The summed E-state index contributed by atoms with van der Waals surface area (Å²) in [7, 11) is 1.55. The van der Waals surface area contributed by atoms with Crippen LogP contribution < -0.4 is 19.6 Å². The first kappa shape index (κ1) is 22.8. The number of rotatable bonds is 8. The molecule has 0 radical (unpaired) electrons. The van der Waals surface area contributed by atoms with E-state index in [4.69, 9.17) is 9.47 Å². The number of methoxy groups -OCH3 is 1. The molecule has 1 unspecified atom stereocenters. The molecule has 0 aliphatic carbocycles. The van der Waals surface area contributed by atoms with Crippen LogP contribution in [0.3, 0.4) is 0 Å². The molecule has 1 N–H and O–H groups in total. The maximum Gasteiger partial charge on any atom is 0.295 e. The molecular weight excluding hydrogens is 432 g/mol. The van der Waals surface area contributed by atoms with Crippen LogP contribution in [0.4, 0.5) is 0 Å². The smallest absolute Gasteiger partial charge is 0.295 e. The number of carbonyl (C=O) groups excluding carboxylic acids is 2. The lowest BCUT2D eigenvalue weighted by Gasteiger charge is -2.27. The Kier molecular flexibility index (Phi) is 6.73. The molecule has 7 heteroatoms. The zero-order valence-corrected chi connectivity index (χ0v) is 18.7. The summed E-state index contributed by atoms with van der Waals surface area (Å²) in [4.78, 5) is 30.6. The summed E-state index contributed by atoms with van der Waals surface area (Å²) in [6, 6.07) is 16.3. The first-order valence-electron chi connectivity index (χ1n) is 10.7. The van der Waals surface area contributed by atoms with Gasteiger partial charge in [0, 0.05) is 17.2 Å². The molecule has 7 nitrogen and oxygen atoms in total. The summed E-state index contributed by atoms with van der Waals surface area (Å²) in [5, 5.41) is 13.5. The number of aromatic amines is 1. The van der Waals surface area contributed by atoms with Crippen molar-refractivity contribution in [2.24, 2.45) is 0 Å². The number of H-pyrrole nitrogens is 1. The lowest BCUT2D eigenvalue weighted by molar-refractivity contribution is -0.378.